The van der Waals surface area contributed by atoms with Crippen molar-refractivity contribution in [1.82, 2.24) is 0 Å². The van der Waals surface area contributed by atoms with Crippen LogP contribution in [0.4, 0.5) is 17.1 Å². The topological polar surface area (TPSA) is 43.5 Å². The highest BCUT2D eigenvalue weighted by Crippen LogP contribution is 2.40. The van der Waals surface area contributed by atoms with Crippen molar-refractivity contribution >= 4 is 34.1 Å². The van der Waals surface area contributed by atoms with Crippen LogP contribution in [0.15, 0.2) is 150 Å². The fraction of sp³-hybridized carbons (Fsp3) is 0.184. The summed E-state index contributed by atoms with van der Waals surface area (Å²) in [6, 6.07) is 38.2. The van der Waals surface area contributed by atoms with Gasteiger partial charge in [-0.05, 0) is 111 Å². The molecule has 5 aromatic carbocycles. The van der Waals surface area contributed by atoms with Gasteiger partial charge < -0.3 is 10.0 Å². The molecule has 0 bridgehead atoms. The van der Waals surface area contributed by atoms with Crippen LogP contribution in [-0.4, -0.2) is 21.2 Å². The summed E-state index contributed by atoms with van der Waals surface area (Å²) in [6.07, 6.45) is 8.91. The molecule has 0 saturated heterocycles. The molecule has 0 heterocycles. The highest BCUT2D eigenvalue weighted by molar-refractivity contribution is 6.39. The third kappa shape index (κ3) is 7.10. The molecule has 53 heavy (non-hydrogen) atoms. The smallest absolute Gasteiger partial charge is 0.208 e. The lowest BCUT2D eigenvalue weighted by Gasteiger charge is -2.29. The van der Waals surface area contributed by atoms with E-state index in [1.165, 1.54) is 50.2 Å². The van der Waals surface area contributed by atoms with Crippen LogP contribution >= 0.6 is 0 Å². The van der Waals surface area contributed by atoms with Crippen molar-refractivity contribution in [3.63, 3.8) is 0 Å². The van der Waals surface area contributed by atoms with E-state index in [1.807, 2.05) is 36.4 Å². The number of hydrogen-bond acceptors (Lipinski definition) is 3. The van der Waals surface area contributed by atoms with Crippen molar-refractivity contribution in [3.8, 4) is 0 Å². The van der Waals surface area contributed by atoms with E-state index in [-0.39, 0.29) is 11.5 Å². The number of aryl methyl sites for hydroxylation is 6. The number of allylic oxidation sites excluding steroid dienone is 7. The summed E-state index contributed by atoms with van der Waals surface area (Å²) in [4.78, 5) is 16.1. The zero-order valence-corrected chi connectivity index (χ0v) is 31.6. The molecule has 0 radical (unpaired) electrons. The lowest BCUT2D eigenvalue weighted by atomic mass is 9.80. The fourth-order valence-electron chi connectivity index (χ4n) is 7.47. The molecule has 0 aliphatic heterocycles. The number of hydrogen-bond donors (Lipinski definition) is 1. The van der Waals surface area contributed by atoms with Crippen molar-refractivity contribution in [3.05, 3.63) is 200 Å². The highest BCUT2D eigenvalue weighted by Gasteiger charge is 2.37. The van der Waals surface area contributed by atoms with Gasteiger partial charge in [-0.25, -0.2) is 0 Å². The summed E-state index contributed by atoms with van der Waals surface area (Å²) in [6.45, 7) is 14.3. The van der Waals surface area contributed by atoms with E-state index in [9.17, 15) is 9.90 Å². The van der Waals surface area contributed by atoms with Crippen molar-refractivity contribution in [2.45, 2.75) is 61.1 Å². The summed E-state index contributed by atoms with van der Waals surface area (Å²) in [7, 11) is 0. The molecule has 2 aliphatic rings. The number of aliphatic hydroxyl groups is 1. The van der Waals surface area contributed by atoms with E-state index < -0.39 is 0 Å². The van der Waals surface area contributed by atoms with Crippen molar-refractivity contribution < 1.29 is 14.5 Å². The normalized spacial score (nSPS) is 13.8. The molecule has 4 heteroatoms. The molecule has 0 amide bonds. The number of anilines is 2. The predicted octanol–water partition coefficient (Wildman–Crippen LogP) is 11.4. The molecular formula is C49H47N2O2+. The quantitative estimate of drug-likeness (QED) is 0.123. The first-order valence-electron chi connectivity index (χ1n) is 18.5. The van der Waals surface area contributed by atoms with E-state index in [2.05, 4.69) is 148 Å². The Kier molecular flexibility index (Phi) is 9.97. The molecule has 4 nitrogen and oxygen atoms in total. The van der Waals surface area contributed by atoms with Crippen LogP contribution in [0.3, 0.4) is 0 Å². The number of carbonyl (C=O) groups is 1. The zero-order chi connectivity index (χ0) is 37.2. The minimum absolute atomic E-state index is 0.0465. The Bertz CT molecular complexity index is 2380. The van der Waals surface area contributed by atoms with Gasteiger partial charge in [0.2, 0.25) is 17.2 Å². The summed E-state index contributed by atoms with van der Waals surface area (Å²) in [5, 5.41) is 11.4. The van der Waals surface area contributed by atoms with E-state index in [0.29, 0.717) is 28.8 Å². The maximum Gasteiger partial charge on any atom is 0.208 e. The number of nitrogens with zero attached hydrogens (tertiary/aromatic N) is 2. The van der Waals surface area contributed by atoms with Gasteiger partial charge in [0, 0.05) is 47.3 Å². The van der Waals surface area contributed by atoms with Crippen molar-refractivity contribution in [1.29, 1.82) is 0 Å². The molecular weight excluding hydrogens is 649 g/mol. The van der Waals surface area contributed by atoms with Gasteiger partial charge in [-0.15, -0.1) is 0 Å². The number of benzene rings is 5. The summed E-state index contributed by atoms with van der Waals surface area (Å²) >= 11 is 0. The molecule has 0 saturated carbocycles. The molecule has 0 spiro atoms. The van der Waals surface area contributed by atoms with Crippen LogP contribution in [0, 0.1) is 34.6 Å². The first-order chi connectivity index (χ1) is 25.6. The number of Topliss-reactive ketones (excluding diaryl/α,β-unsaturated/α-hetero) is 1. The third-order valence-electron chi connectivity index (χ3n) is 10.6. The molecule has 7 rings (SSSR count). The van der Waals surface area contributed by atoms with Crippen LogP contribution < -0.4 is 4.90 Å². The van der Waals surface area contributed by atoms with E-state index in [0.717, 1.165) is 30.1 Å². The standard InChI is InChI=1S/C49H46N2O2/c1-7-37-29-33(3)17-27-45(37)51(31-41-15-11-9-13-35(41)5)43-24-20-39(21-25-43)47-48(52)46(49(47)53)38-18-22-42(23-19-38)50(30-40-14-10-8-12-34(40)4)44-26-16-32(2)28-36(44)6/h8-29H,7,30-31H2,1-6H3/p+1. The van der Waals surface area contributed by atoms with Crippen LogP contribution in [0.5, 0.6) is 0 Å². The number of ketones is 1. The van der Waals surface area contributed by atoms with Crippen LogP contribution in [-0.2, 0) is 24.3 Å². The van der Waals surface area contributed by atoms with Gasteiger partial charge in [0.1, 0.15) is 5.76 Å². The van der Waals surface area contributed by atoms with E-state index in [4.69, 9.17) is 0 Å². The molecule has 2 aliphatic carbocycles. The monoisotopic (exact) mass is 695 g/mol. The number of aliphatic hydroxyl groups excluding tert-OH is 1. The maximum absolute atomic E-state index is 13.7. The predicted molar refractivity (Wildman–Crippen MR) is 220 cm³/mol. The van der Waals surface area contributed by atoms with Gasteiger partial charge >= 0.3 is 0 Å². The first kappa shape index (κ1) is 35.4. The minimum atomic E-state index is -0.141. The lowest BCUT2D eigenvalue weighted by Crippen LogP contribution is -2.23. The first-order valence-corrected chi connectivity index (χ1v) is 18.5. The number of carbonyl (C=O) groups excluding carboxylic acids is 1. The summed E-state index contributed by atoms with van der Waals surface area (Å²) < 4.78 is 2.32. The van der Waals surface area contributed by atoms with Gasteiger partial charge in [-0.2, -0.15) is 4.58 Å². The van der Waals surface area contributed by atoms with E-state index >= 15 is 0 Å². The minimum Gasteiger partial charge on any atom is -0.506 e. The Labute approximate surface area is 314 Å². The van der Waals surface area contributed by atoms with Gasteiger partial charge in [-0.3, -0.25) is 4.79 Å². The van der Waals surface area contributed by atoms with Crippen LogP contribution in [0.1, 0.15) is 57.0 Å². The second kappa shape index (κ2) is 14.9. The molecule has 0 atom stereocenters. The fourth-order valence-corrected chi connectivity index (χ4v) is 7.47. The summed E-state index contributed by atoms with van der Waals surface area (Å²) in [5.41, 5.74) is 16.4. The molecule has 5 aromatic rings. The van der Waals surface area contributed by atoms with Crippen molar-refractivity contribution in [2.24, 2.45) is 0 Å². The second-order valence-electron chi connectivity index (χ2n) is 14.3. The average molecular weight is 696 g/mol. The number of rotatable bonds is 9. The Morgan fingerprint density at radius 1 is 0.623 bits per heavy atom. The molecule has 0 aromatic heterocycles. The van der Waals surface area contributed by atoms with Gasteiger partial charge in [0.05, 0.1) is 11.1 Å². The highest BCUT2D eigenvalue weighted by atomic mass is 16.3. The Morgan fingerprint density at radius 3 is 1.87 bits per heavy atom. The van der Waals surface area contributed by atoms with Crippen LogP contribution in [0.2, 0.25) is 0 Å². The largest absolute Gasteiger partial charge is 0.506 e. The Balaban J connectivity index is 1.20. The lowest BCUT2D eigenvalue weighted by molar-refractivity contribution is -0.457. The maximum atomic E-state index is 13.7. The van der Waals surface area contributed by atoms with Gasteiger partial charge in [0.25, 0.3) is 0 Å². The third-order valence-corrected chi connectivity index (χ3v) is 10.6. The van der Waals surface area contributed by atoms with Gasteiger partial charge in [0.15, 0.2) is 6.54 Å². The van der Waals surface area contributed by atoms with Crippen LogP contribution in [0.25, 0.3) is 5.57 Å². The molecule has 0 fully saturated rings. The summed E-state index contributed by atoms with van der Waals surface area (Å²) in [5.74, 6) is -0.0945. The van der Waals surface area contributed by atoms with Gasteiger partial charge in [-0.1, -0.05) is 96.9 Å². The molecule has 264 valence electrons. The SMILES string of the molecule is CCc1cc(C)ccc1N(Cc1ccccc1C)c1ccc(C2=C(O)C(=C3C=CC(=[N+](Cc4ccccc4C)c4ccc(C)cc4C)C=C3)C2=O)cc1. The molecule has 0 unspecified atom stereocenters. The molecule has 1 N–H and O–H groups in total. The zero-order valence-electron chi connectivity index (χ0n) is 31.6. The Hall–Kier alpha value is -6.00. The average Bonchev–Trinajstić information content (AvgIpc) is 3.15. The second-order valence-corrected chi connectivity index (χ2v) is 14.3. The Morgan fingerprint density at radius 2 is 1.25 bits per heavy atom. The van der Waals surface area contributed by atoms with E-state index in [1.54, 1.807) is 0 Å². The van der Waals surface area contributed by atoms with Crippen molar-refractivity contribution in [2.75, 3.05) is 4.90 Å².